The molecule has 2 aromatic heterocycles. The van der Waals surface area contributed by atoms with Crippen LogP contribution in [0.5, 0.6) is 5.88 Å². The van der Waals surface area contributed by atoms with Gasteiger partial charge in [0, 0.05) is 11.5 Å². The highest BCUT2D eigenvalue weighted by Crippen LogP contribution is 2.22. The molecule has 0 N–H and O–H groups in total. The van der Waals surface area contributed by atoms with Crippen molar-refractivity contribution in [1.82, 2.24) is 15.2 Å². The number of ether oxygens (including phenoxy) is 1. The van der Waals surface area contributed by atoms with E-state index in [9.17, 15) is 0 Å². The number of nitrogens with zero attached hydrogens (tertiary/aromatic N) is 3. The normalized spacial score (nSPS) is 10.5. The minimum atomic E-state index is 0.296. The van der Waals surface area contributed by atoms with Crippen LogP contribution in [0.4, 0.5) is 0 Å². The zero-order valence-corrected chi connectivity index (χ0v) is 8.54. The van der Waals surface area contributed by atoms with Crippen LogP contribution >= 0.6 is 11.6 Å². The fourth-order valence-corrected chi connectivity index (χ4v) is 1.41. The lowest BCUT2D eigenvalue weighted by molar-refractivity contribution is 0.399. The van der Waals surface area contributed by atoms with Gasteiger partial charge in [0.2, 0.25) is 5.88 Å². The van der Waals surface area contributed by atoms with Crippen molar-refractivity contribution in [2.24, 2.45) is 0 Å². The van der Waals surface area contributed by atoms with Gasteiger partial charge in [-0.1, -0.05) is 11.6 Å². The van der Waals surface area contributed by atoms with E-state index in [4.69, 9.17) is 16.3 Å². The van der Waals surface area contributed by atoms with Crippen LogP contribution in [-0.4, -0.2) is 22.3 Å². The molecule has 0 bridgehead atoms. The van der Waals surface area contributed by atoms with Gasteiger partial charge in [0.05, 0.1) is 12.8 Å². The molecule has 0 amide bonds. The molecule has 72 valence electrons. The van der Waals surface area contributed by atoms with Crippen molar-refractivity contribution in [3.63, 3.8) is 0 Å². The van der Waals surface area contributed by atoms with Crippen molar-refractivity contribution in [2.75, 3.05) is 7.11 Å². The Morgan fingerprint density at radius 1 is 1.29 bits per heavy atom. The van der Waals surface area contributed by atoms with Crippen LogP contribution in [0, 0.1) is 6.92 Å². The summed E-state index contributed by atoms with van der Waals surface area (Å²) in [4.78, 5) is 4.20. The van der Waals surface area contributed by atoms with Crippen LogP contribution in [0.2, 0.25) is 5.15 Å². The van der Waals surface area contributed by atoms with E-state index in [2.05, 4.69) is 15.2 Å². The number of aromatic nitrogens is 3. The van der Waals surface area contributed by atoms with Crippen LogP contribution in [-0.2, 0) is 0 Å². The number of aryl methyl sites for hydroxylation is 1. The topological polar surface area (TPSA) is 47.9 Å². The maximum absolute atomic E-state index is 5.87. The number of fused-ring (bicyclic) bond motifs is 1. The summed E-state index contributed by atoms with van der Waals surface area (Å²) in [5, 5.41) is 8.87. The first kappa shape index (κ1) is 9.15. The van der Waals surface area contributed by atoms with Gasteiger partial charge in [0.25, 0.3) is 0 Å². The molecule has 0 fully saturated rings. The van der Waals surface area contributed by atoms with Gasteiger partial charge in [-0.3, -0.25) is 0 Å². The SMILES string of the molecule is COc1ccc2c(C)nnc(Cl)c2n1. The Bertz CT molecular complexity index is 487. The zero-order chi connectivity index (χ0) is 10.1. The summed E-state index contributed by atoms with van der Waals surface area (Å²) in [6.07, 6.45) is 0. The first-order chi connectivity index (χ1) is 6.72. The number of rotatable bonds is 1. The Kier molecular flexibility index (Phi) is 2.21. The molecule has 5 heteroatoms. The molecule has 2 heterocycles. The van der Waals surface area contributed by atoms with Gasteiger partial charge in [-0.25, -0.2) is 4.98 Å². The lowest BCUT2D eigenvalue weighted by Crippen LogP contribution is -1.94. The van der Waals surface area contributed by atoms with E-state index < -0.39 is 0 Å². The molecule has 0 aliphatic rings. The van der Waals surface area contributed by atoms with E-state index in [1.807, 2.05) is 13.0 Å². The molecule has 0 unspecified atom stereocenters. The lowest BCUT2D eigenvalue weighted by atomic mass is 10.2. The van der Waals surface area contributed by atoms with Crippen molar-refractivity contribution < 1.29 is 4.74 Å². The van der Waals surface area contributed by atoms with Crippen molar-refractivity contribution >= 4 is 22.5 Å². The molecule has 0 aromatic carbocycles. The third kappa shape index (κ3) is 1.37. The van der Waals surface area contributed by atoms with Crippen LogP contribution in [0.25, 0.3) is 10.9 Å². The number of methoxy groups -OCH3 is 1. The highest BCUT2D eigenvalue weighted by molar-refractivity contribution is 6.33. The van der Waals surface area contributed by atoms with Gasteiger partial charge in [0.15, 0.2) is 5.15 Å². The Morgan fingerprint density at radius 3 is 2.79 bits per heavy atom. The summed E-state index contributed by atoms with van der Waals surface area (Å²) in [6.45, 7) is 1.86. The van der Waals surface area contributed by atoms with E-state index in [1.54, 1.807) is 13.2 Å². The second-order valence-corrected chi connectivity index (χ2v) is 3.18. The average Bonchev–Trinajstić information content (AvgIpc) is 2.23. The molecule has 0 atom stereocenters. The number of pyridine rings is 1. The molecule has 0 aliphatic carbocycles. The van der Waals surface area contributed by atoms with Gasteiger partial charge in [-0.15, -0.1) is 5.10 Å². The summed E-state index contributed by atoms with van der Waals surface area (Å²) >= 11 is 5.87. The zero-order valence-electron chi connectivity index (χ0n) is 7.78. The molecule has 2 aromatic rings. The van der Waals surface area contributed by atoms with E-state index in [-0.39, 0.29) is 0 Å². The second kappa shape index (κ2) is 3.38. The largest absolute Gasteiger partial charge is 0.481 e. The Labute approximate surface area is 85.9 Å². The number of hydrogen-bond acceptors (Lipinski definition) is 4. The predicted molar refractivity (Wildman–Crippen MR) is 53.6 cm³/mol. The van der Waals surface area contributed by atoms with Crippen molar-refractivity contribution in [1.29, 1.82) is 0 Å². The molecule has 2 rings (SSSR count). The van der Waals surface area contributed by atoms with Crippen molar-refractivity contribution in [3.8, 4) is 5.88 Å². The molecule has 0 aliphatic heterocycles. The molecular formula is C9H8ClN3O. The van der Waals surface area contributed by atoms with E-state index in [0.29, 0.717) is 16.5 Å². The maximum Gasteiger partial charge on any atom is 0.213 e. The van der Waals surface area contributed by atoms with Crippen LogP contribution in [0.1, 0.15) is 5.69 Å². The summed E-state index contributed by atoms with van der Waals surface area (Å²) in [5.41, 5.74) is 1.43. The van der Waals surface area contributed by atoms with Crippen LogP contribution in [0.3, 0.4) is 0 Å². The summed E-state index contributed by atoms with van der Waals surface area (Å²) in [6, 6.07) is 3.64. The summed E-state index contributed by atoms with van der Waals surface area (Å²) in [7, 11) is 1.56. The molecule has 4 nitrogen and oxygen atoms in total. The summed E-state index contributed by atoms with van der Waals surface area (Å²) in [5.74, 6) is 0.520. The monoisotopic (exact) mass is 209 g/mol. The smallest absolute Gasteiger partial charge is 0.213 e. The van der Waals surface area contributed by atoms with Crippen molar-refractivity contribution in [2.45, 2.75) is 6.92 Å². The predicted octanol–water partition coefficient (Wildman–Crippen LogP) is 2.00. The maximum atomic E-state index is 5.87. The van der Waals surface area contributed by atoms with Gasteiger partial charge in [0.1, 0.15) is 5.52 Å². The van der Waals surface area contributed by atoms with Gasteiger partial charge in [-0.2, -0.15) is 5.10 Å². The average molecular weight is 210 g/mol. The lowest BCUT2D eigenvalue weighted by Gasteiger charge is -2.03. The number of hydrogen-bond donors (Lipinski definition) is 0. The molecule has 14 heavy (non-hydrogen) atoms. The highest BCUT2D eigenvalue weighted by Gasteiger charge is 2.07. The Morgan fingerprint density at radius 2 is 2.07 bits per heavy atom. The minimum Gasteiger partial charge on any atom is -0.481 e. The van der Waals surface area contributed by atoms with Gasteiger partial charge >= 0.3 is 0 Å². The van der Waals surface area contributed by atoms with Crippen LogP contribution < -0.4 is 4.74 Å². The molecule has 0 saturated carbocycles. The first-order valence-corrected chi connectivity index (χ1v) is 4.43. The summed E-state index contributed by atoms with van der Waals surface area (Å²) < 4.78 is 5.00. The highest BCUT2D eigenvalue weighted by atomic mass is 35.5. The molecule has 0 spiro atoms. The minimum absolute atomic E-state index is 0.296. The second-order valence-electron chi connectivity index (χ2n) is 2.83. The molecule has 0 saturated heterocycles. The molecule has 0 radical (unpaired) electrons. The van der Waals surface area contributed by atoms with Crippen molar-refractivity contribution in [3.05, 3.63) is 23.0 Å². The standard InChI is InChI=1S/C9H8ClN3O/c1-5-6-3-4-7(14-2)11-8(6)9(10)13-12-5/h3-4H,1-2H3. The van der Waals surface area contributed by atoms with E-state index in [0.717, 1.165) is 11.1 Å². The fourth-order valence-electron chi connectivity index (χ4n) is 1.22. The number of halogens is 1. The third-order valence-corrected chi connectivity index (χ3v) is 2.21. The fraction of sp³-hybridized carbons (Fsp3) is 0.222. The third-order valence-electron chi connectivity index (χ3n) is 1.95. The molecular weight excluding hydrogens is 202 g/mol. The Balaban J connectivity index is 2.80. The van der Waals surface area contributed by atoms with E-state index >= 15 is 0 Å². The first-order valence-electron chi connectivity index (χ1n) is 4.06. The Hall–Kier alpha value is -1.42. The van der Waals surface area contributed by atoms with Gasteiger partial charge < -0.3 is 4.74 Å². The van der Waals surface area contributed by atoms with Gasteiger partial charge in [-0.05, 0) is 13.0 Å². The van der Waals surface area contributed by atoms with Crippen LogP contribution in [0.15, 0.2) is 12.1 Å². The quantitative estimate of drug-likeness (QED) is 0.721. The van der Waals surface area contributed by atoms with E-state index in [1.165, 1.54) is 0 Å².